The van der Waals surface area contributed by atoms with Crippen LogP contribution in [-0.4, -0.2) is 24.7 Å². The van der Waals surface area contributed by atoms with Crippen LogP contribution in [0.1, 0.15) is 191 Å². The van der Waals surface area contributed by atoms with Gasteiger partial charge < -0.3 is 9.64 Å². The third kappa shape index (κ3) is 12.8. The zero-order valence-corrected chi connectivity index (χ0v) is 37.9. The van der Waals surface area contributed by atoms with Crippen molar-refractivity contribution in [2.24, 2.45) is 0 Å². The van der Waals surface area contributed by atoms with Crippen molar-refractivity contribution in [3.05, 3.63) is 134 Å². The maximum atomic E-state index is 14.1. The number of anilines is 1. The van der Waals surface area contributed by atoms with Gasteiger partial charge >= 0.3 is 0 Å². The highest BCUT2D eigenvalue weighted by Crippen LogP contribution is 2.38. The topological polar surface area (TPSA) is 46.6 Å². The van der Waals surface area contributed by atoms with Crippen molar-refractivity contribution in [3.8, 4) is 0 Å². The summed E-state index contributed by atoms with van der Waals surface area (Å²) in [6, 6.07) is 18.9. The van der Waals surface area contributed by atoms with E-state index in [-0.39, 0.29) is 22.6 Å². The molecule has 1 aliphatic heterocycles. The number of nitrogens with zero attached hydrogens (tertiary/aromatic N) is 1. The van der Waals surface area contributed by atoms with E-state index in [9.17, 15) is 9.59 Å². The van der Waals surface area contributed by atoms with E-state index in [1.165, 1.54) is 114 Å². The highest BCUT2D eigenvalue weighted by molar-refractivity contribution is 6.40. The molecule has 0 bridgehead atoms. The van der Waals surface area contributed by atoms with Crippen LogP contribution in [0.4, 0.5) is 5.69 Å². The molecule has 4 nitrogen and oxygen atoms in total. The standard InChI is InChI=1S/C55H73NO3/c1-9-11-13-15-17-19-21-23-33-56(34-24-22-20-18-16-14-12-10-2)46-29-25-43(26-30-46)27-31-47-37-44(38-50(59-47)51-41(4)35-40(3)36-42(51)5)52-53(57)48-32-28-45(55(6,7)8)39-49(48)54(52)58/h25-32,35-39H,9-24,33-34H2,1-8H3/b31-27+,52-44+. The number of rotatable bonds is 22. The molecule has 316 valence electrons. The average molecular weight is 796 g/mol. The number of Topliss-reactive ketones (excluding diaryl/α,β-unsaturated/α-hetero) is 2. The van der Waals surface area contributed by atoms with Crippen molar-refractivity contribution in [1.29, 1.82) is 0 Å². The van der Waals surface area contributed by atoms with Crippen LogP contribution in [-0.2, 0) is 10.2 Å². The molecule has 0 atom stereocenters. The first kappa shape index (κ1) is 45.6. The van der Waals surface area contributed by atoms with Gasteiger partial charge in [0.05, 0.1) is 5.57 Å². The predicted molar refractivity (Wildman–Crippen MR) is 252 cm³/mol. The Morgan fingerprint density at radius 1 is 0.593 bits per heavy atom. The van der Waals surface area contributed by atoms with Gasteiger partial charge in [0.1, 0.15) is 11.5 Å². The van der Waals surface area contributed by atoms with Gasteiger partial charge in [0.2, 0.25) is 0 Å². The van der Waals surface area contributed by atoms with Gasteiger partial charge in [-0.25, -0.2) is 0 Å². The number of fused-ring (bicyclic) bond motifs is 1. The number of unbranched alkanes of at least 4 members (excludes halogenated alkanes) is 14. The van der Waals surface area contributed by atoms with Crippen LogP contribution in [0.5, 0.6) is 0 Å². The Balaban J connectivity index is 1.36. The zero-order valence-electron chi connectivity index (χ0n) is 37.9. The van der Waals surface area contributed by atoms with Crippen molar-refractivity contribution in [1.82, 2.24) is 0 Å². The Morgan fingerprint density at radius 3 is 1.66 bits per heavy atom. The smallest absolute Gasteiger partial charge is 0.198 e. The molecular weight excluding hydrogens is 723 g/mol. The maximum Gasteiger partial charge on any atom is 0.198 e. The zero-order chi connectivity index (χ0) is 42.4. The van der Waals surface area contributed by atoms with E-state index in [0.717, 1.165) is 40.9 Å². The van der Waals surface area contributed by atoms with Crippen LogP contribution in [0.25, 0.3) is 11.8 Å². The molecule has 0 radical (unpaired) electrons. The summed E-state index contributed by atoms with van der Waals surface area (Å²) in [6.07, 6.45) is 29.1. The van der Waals surface area contributed by atoms with Gasteiger partial charge in [-0.3, -0.25) is 9.59 Å². The molecule has 0 N–H and O–H groups in total. The molecule has 0 unspecified atom stereocenters. The molecule has 0 saturated heterocycles. The summed E-state index contributed by atoms with van der Waals surface area (Å²) in [5.41, 5.74) is 9.33. The molecule has 0 saturated carbocycles. The second-order valence-electron chi connectivity index (χ2n) is 18.3. The Labute approximate surface area is 357 Å². The molecule has 1 heterocycles. The summed E-state index contributed by atoms with van der Waals surface area (Å²) in [6.45, 7) is 19.4. The lowest BCUT2D eigenvalue weighted by atomic mass is 9.85. The molecule has 0 aromatic heterocycles. The van der Waals surface area contributed by atoms with Crippen molar-refractivity contribution in [2.45, 2.75) is 164 Å². The molecule has 3 aromatic carbocycles. The molecule has 4 heteroatoms. The molecule has 3 aromatic rings. The second-order valence-corrected chi connectivity index (χ2v) is 18.3. The Bertz CT molecular complexity index is 1970. The van der Waals surface area contributed by atoms with Gasteiger partial charge in [-0.05, 0) is 109 Å². The summed E-state index contributed by atoms with van der Waals surface area (Å²) in [5.74, 6) is 0.782. The third-order valence-corrected chi connectivity index (χ3v) is 12.1. The monoisotopic (exact) mass is 796 g/mol. The summed E-state index contributed by atoms with van der Waals surface area (Å²) >= 11 is 0. The number of aryl methyl sites for hydroxylation is 3. The predicted octanol–water partition coefficient (Wildman–Crippen LogP) is 15.3. The number of ether oxygens (including phenoxy) is 1. The van der Waals surface area contributed by atoms with E-state index in [4.69, 9.17) is 4.74 Å². The van der Waals surface area contributed by atoms with Crippen molar-refractivity contribution in [3.63, 3.8) is 0 Å². The summed E-state index contributed by atoms with van der Waals surface area (Å²) < 4.78 is 6.61. The fourth-order valence-corrected chi connectivity index (χ4v) is 8.69. The number of carbonyl (C=O) groups is 2. The van der Waals surface area contributed by atoms with Crippen molar-refractivity contribution >= 4 is 29.1 Å². The van der Waals surface area contributed by atoms with E-state index in [2.05, 4.69) is 103 Å². The maximum absolute atomic E-state index is 14.1. The van der Waals surface area contributed by atoms with Crippen LogP contribution < -0.4 is 4.90 Å². The fourth-order valence-electron chi connectivity index (χ4n) is 8.69. The van der Waals surface area contributed by atoms with Gasteiger partial charge in [-0.2, -0.15) is 0 Å². The van der Waals surface area contributed by atoms with Crippen LogP contribution in [0, 0.1) is 20.8 Å². The molecular formula is C55H73NO3. The van der Waals surface area contributed by atoms with Gasteiger partial charge in [-0.15, -0.1) is 0 Å². The lowest BCUT2D eigenvalue weighted by molar-refractivity contribution is 0.0987. The molecule has 59 heavy (non-hydrogen) atoms. The fraction of sp³-hybridized carbons (Fsp3) is 0.491. The van der Waals surface area contributed by atoms with E-state index in [1.807, 2.05) is 36.4 Å². The SMILES string of the molecule is CCCCCCCCCCN(CCCCCCCCCC)c1ccc(/C=C/C2=CC(=C3/C(=O)c4ccc(C(C)(C)C)cc4C3=O)/C=C(c3c(C)cc(C)cc3C)O2)cc1. The summed E-state index contributed by atoms with van der Waals surface area (Å²) in [7, 11) is 0. The molecule has 2 aliphatic rings. The van der Waals surface area contributed by atoms with Crippen LogP contribution >= 0.6 is 0 Å². The quantitative estimate of drug-likeness (QED) is 0.0577. The van der Waals surface area contributed by atoms with E-state index in [0.29, 0.717) is 28.2 Å². The van der Waals surface area contributed by atoms with Crippen molar-refractivity contribution in [2.75, 3.05) is 18.0 Å². The minimum Gasteiger partial charge on any atom is -0.457 e. The lowest BCUT2D eigenvalue weighted by Crippen LogP contribution is -2.25. The summed E-state index contributed by atoms with van der Waals surface area (Å²) in [5, 5.41) is 0. The number of hydrogen-bond donors (Lipinski definition) is 0. The van der Waals surface area contributed by atoms with Crippen molar-refractivity contribution < 1.29 is 14.3 Å². The minimum absolute atomic E-state index is 0.144. The van der Waals surface area contributed by atoms with E-state index >= 15 is 0 Å². The highest BCUT2D eigenvalue weighted by Gasteiger charge is 2.36. The molecule has 5 rings (SSSR count). The molecule has 1 aliphatic carbocycles. The van der Waals surface area contributed by atoms with Gasteiger partial charge in [-0.1, -0.05) is 166 Å². The number of ketones is 2. The number of hydrogen-bond acceptors (Lipinski definition) is 4. The molecule has 0 fully saturated rings. The first-order chi connectivity index (χ1) is 28.4. The lowest BCUT2D eigenvalue weighted by Gasteiger charge is -2.25. The Kier molecular flexibility index (Phi) is 17.2. The van der Waals surface area contributed by atoms with E-state index < -0.39 is 0 Å². The van der Waals surface area contributed by atoms with E-state index in [1.54, 1.807) is 0 Å². The highest BCUT2D eigenvalue weighted by atomic mass is 16.5. The van der Waals surface area contributed by atoms with Gasteiger partial charge in [0, 0.05) is 35.5 Å². The third-order valence-electron chi connectivity index (χ3n) is 12.1. The normalized spacial score (nSPS) is 15.5. The number of benzene rings is 3. The average Bonchev–Trinajstić information content (AvgIpc) is 3.45. The second kappa shape index (κ2) is 22.2. The van der Waals surface area contributed by atoms with Crippen LogP contribution in [0.3, 0.4) is 0 Å². The molecule has 0 amide bonds. The van der Waals surface area contributed by atoms with Gasteiger partial charge in [0.25, 0.3) is 0 Å². The van der Waals surface area contributed by atoms with Crippen LogP contribution in [0.2, 0.25) is 0 Å². The largest absolute Gasteiger partial charge is 0.457 e. The first-order valence-electron chi connectivity index (χ1n) is 23.1. The summed E-state index contributed by atoms with van der Waals surface area (Å²) in [4.78, 5) is 30.6. The first-order valence-corrected chi connectivity index (χ1v) is 23.1. The molecule has 0 spiro atoms. The Hall–Kier alpha value is -4.44. The van der Waals surface area contributed by atoms with Crippen LogP contribution in [0.15, 0.2) is 89.7 Å². The van der Waals surface area contributed by atoms with Gasteiger partial charge in [0.15, 0.2) is 11.6 Å². The number of carbonyl (C=O) groups excluding carboxylic acids is 2. The Morgan fingerprint density at radius 2 is 1.12 bits per heavy atom. The minimum atomic E-state index is -0.228. The number of allylic oxidation sites excluding steroid dienone is 5.